The van der Waals surface area contributed by atoms with Gasteiger partial charge in [-0.2, -0.15) is 0 Å². The summed E-state index contributed by atoms with van der Waals surface area (Å²) in [7, 11) is 0. The SMILES string of the molecule is Cc1cc(CN2CCN(C(=O)C3CCCCN3C(=O)c3cccs3)CC2)on1. The van der Waals surface area contributed by atoms with Gasteiger partial charge < -0.3 is 14.3 Å². The second kappa shape index (κ2) is 8.45. The number of piperidine rings is 1. The minimum absolute atomic E-state index is 0.00706. The van der Waals surface area contributed by atoms with Crippen molar-refractivity contribution in [2.24, 2.45) is 0 Å². The minimum atomic E-state index is -0.327. The van der Waals surface area contributed by atoms with Gasteiger partial charge in [0.05, 0.1) is 17.1 Å². The van der Waals surface area contributed by atoms with Crippen LogP contribution in [0.1, 0.15) is 40.4 Å². The van der Waals surface area contributed by atoms with Crippen molar-refractivity contribution >= 4 is 23.2 Å². The average molecular weight is 403 g/mol. The maximum Gasteiger partial charge on any atom is 0.264 e. The molecule has 28 heavy (non-hydrogen) atoms. The molecule has 2 aromatic rings. The van der Waals surface area contributed by atoms with E-state index in [4.69, 9.17) is 4.52 Å². The smallest absolute Gasteiger partial charge is 0.264 e. The van der Waals surface area contributed by atoms with Gasteiger partial charge in [0.2, 0.25) is 5.91 Å². The summed E-state index contributed by atoms with van der Waals surface area (Å²) in [4.78, 5) is 32.8. The summed E-state index contributed by atoms with van der Waals surface area (Å²) < 4.78 is 5.30. The molecule has 0 saturated carbocycles. The fraction of sp³-hybridized carbons (Fsp3) is 0.550. The van der Waals surface area contributed by atoms with Crippen molar-refractivity contribution < 1.29 is 14.1 Å². The number of carbonyl (C=O) groups is 2. The fourth-order valence-electron chi connectivity index (χ4n) is 4.02. The molecule has 1 unspecified atom stereocenters. The van der Waals surface area contributed by atoms with Crippen LogP contribution in [0.15, 0.2) is 28.1 Å². The third-order valence-corrected chi connectivity index (χ3v) is 6.38. The van der Waals surface area contributed by atoms with Crippen LogP contribution in [0.5, 0.6) is 0 Å². The Hall–Kier alpha value is -2.19. The lowest BCUT2D eigenvalue weighted by Crippen LogP contribution is -2.57. The van der Waals surface area contributed by atoms with Crippen molar-refractivity contribution in [1.29, 1.82) is 0 Å². The van der Waals surface area contributed by atoms with Crippen LogP contribution >= 0.6 is 11.3 Å². The summed E-state index contributed by atoms with van der Waals surface area (Å²) in [6.07, 6.45) is 2.72. The molecular weight excluding hydrogens is 376 g/mol. The van der Waals surface area contributed by atoms with Gasteiger partial charge in [0.25, 0.3) is 5.91 Å². The summed E-state index contributed by atoms with van der Waals surface area (Å²) in [5.74, 6) is 0.949. The molecule has 0 radical (unpaired) electrons. The van der Waals surface area contributed by atoms with E-state index in [-0.39, 0.29) is 17.9 Å². The average Bonchev–Trinajstić information content (AvgIpc) is 3.39. The molecule has 2 aromatic heterocycles. The predicted molar refractivity (Wildman–Crippen MR) is 106 cm³/mol. The summed E-state index contributed by atoms with van der Waals surface area (Å²) >= 11 is 1.44. The topological polar surface area (TPSA) is 69.9 Å². The number of aryl methyl sites for hydroxylation is 1. The van der Waals surface area contributed by atoms with Crippen molar-refractivity contribution in [2.75, 3.05) is 32.7 Å². The highest BCUT2D eigenvalue weighted by Gasteiger charge is 2.36. The van der Waals surface area contributed by atoms with Gasteiger partial charge >= 0.3 is 0 Å². The first-order valence-electron chi connectivity index (χ1n) is 9.89. The zero-order valence-electron chi connectivity index (χ0n) is 16.2. The second-order valence-electron chi connectivity index (χ2n) is 7.52. The molecule has 2 aliphatic rings. The molecule has 2 aliphatic heterocycles. The standard InChI is InChI=1S/C20H26N4O3S/c1-15-13-16(27-21-15)14-22-8-10-23(11-9-22)19(25)17-5-2-3-7-24(17)20(26)18-6-4-12-28-18/h4,6,12-13,17H,2-3,5,7-11,14H2,1H3. The largest absolute Gasteiger partial charge is 0.360 e. The normalized spacial score (nSPS) is 21.1. The van der Waals surface area contributed by atoms with Crippen molar-refractivity contribution in [1.82, 2.24) is 19.9 Å². The van der Waals surface area contributed by atoms with Gasteiger partial charge in [-0.3, -0.25) is 14.5 Å². The number of carbonyl (C=O) groups excluding carboxylic acids is 2. The molecule has 0 aromatic carbocycles. The molecule has 7 nitrogen and oxygen atoms in total. The lowest BCUT2D eigenvalue weighted by molar-refractivity contribution is -0.139. The first kappa shape index (κ1) is 19.1. The number of likely N-dealkylation sites (tertiary alicyclic amines) is 1. The number of thiophene rings is 1. The fourth-order valence-corrected chi connectivity index (χ4v) is 4.70. The maximum atomic E-state index is 13.2. The molecule has 0 spiro atoms. The Morgan fingerprint density at radius 3 is 2.71 bits per heavy atom. The Balaban J connectivity index is 1.36. The van der Waals surface area contributed by atoms with Crippen LogP contribution in [-0.4, -0.2) is 70.4 Å². The quantitative estimate of drug-likeness (QED) is 0.785. The zero-order chi connectivity index (χ0) is 19.5. The van der Waals surface area contributed by atoms with Gasteiger partial charge in [0.15, 0.2) is 5.76 Å². The molecule has 2 fully saturated rings. The number of aromatic nitrogens is 1. The van der Waals surface area contributed by atoms with E-state index < -0.39 is 0 Å². The molecule has 150 valence electrons. The third kappa shape index (κ3) is 4.12. The number of hydrogen-bond donors (Lipinski definition) is 0. The molecule has 2 amide bonds. The van der Waals surface area contributed by atoms with Crippen molar-refractivity contribution in [3.8, 4) is 0 Å². The van der Waals surface area contributed by atoms with Gasteiger partial charge in [0.1, 0.15) is 6.04 Å². The summed E-state index contributed by atoms with van der Waals surface area (Å²) in [5.41, 5.74) is 0.886. The highest BCUT2D eigenvalue weighted by molar-refractivity contribution is 7.12. The van der Waals surface area contributed by atoms with E-state index in [1.165, 1.54) is 11.3 Å². The zero-order valence-corrected chi connectivity index (χ0v) is 17.0. The predicted octanol–water partition coefficient (Wildman–Crippen LogP) is 2.38. The van der Waals surface area contributed by atoms with E-state index in [1.54, 1.807) is 4.90 Å². The number of rotatable bonds is 4. The lowest BCUT2D eigenvalue weighted by Gasteiger charge is -2.40. The van der Waals surface area contributed by atoms with E-state index >= 15 is 0 Å². The van der Waals surface area contributed by atoms with E-state index in [0.29, 0.717) is 24.5 Å². The number of piperazine rings is 1. The van der Waals surface area contributed by atoms with Crippen LogP contribution in [0, 0.1) is 6.92 Å². The van der Waals surface area contributed by atoms with Crippen LogP contribution in [0.2, 0.25) is 0 Å². The number of hydrogen-bond acceptors (Lipinski definition) is 6. The van der Waals surface area contributed by atoms with E-state index in [1.807, 2.05) is 35.4 Å². The van der Waals surface area contributed by atoms with Crippen LogP contribution in [0.3, 0.4) is 0 Å². The van der Waals surface area contributed by atoms with Gasteiger partial charge in [-0.25, -0.2) is 0 Å². The summed E-state index contributed by atoms with van der Waals surface area (Å²) in [5, 5.41) is 5.84. The summed E-state index contributed by atoms with van der Waals surface area (Å²) in [6, 6.07) is 5.35. The molecular formula is C20H26N4O3S. The van der Waals surface area contributed by atoms with Crippen LogP contribution < -0.4 is 0 Å². The molecule has 0 bridgehead atoms. The molecule has 4 rings (SSSR count). The molecule has 0 N–H and O–H groups in total. The number of amides is 2. The molecule has 0 aliphatic carbocycles. The van der Waals surface area contributed by atoms with Gasteiger partial charge in [-0.1, -0.05) is 11.2 Å². The van der Waals surface area contributed by atoms with Crippen LogP contribution in [0.4, 0.5) is 0 Å². The summed E-state index contributed by atoms with van der Waals surface area (Å²) in [6.45, 7) is 6.27. The monoisotopic (exact) mass is 402 g/mol. The first-order chi connectivity index (χ1) is 13.6. The Morgan fingerprint density at radius 2 is 2.04 bits per heavy atom. The van der Waals surface area contributed by atoms with Gasteiger partial charge in [0, 0.05) is 38.8 Å². The highest BCUT2D eigenvalue weighted by Crippen LogP contribution is 2.24. The molecule has 4 heterocycles. The van der Waals surface area contributed by atoms with E-state index in [0.717, 1.165) is 50.4 Å². The van der Waals surface area contributed by atoms with Gasteiger partial charge in [-0.15, -0.1) is 11.3 Å². The van der Waals surface area contributed by atoms with Crippen LogP contribution in [-0.2, 0) is 11.3 Å². The Morgan fingerprint density at radius 1 is 1.21 bits per heavy atom. The lowest BCUT2D eigenvalue weighted by atomic mass is 10.00. The Kier molecular flexibility index (Phi) is 5.77. The van der Waals surface area contributed by atoms with Crippen molar-refractivity contribution in [3.05, 3.63) is 39.9 Å². The maximum absolute atomic E-state index is 13.2. The van der Waals surface area contributed by atoms with Gasteiger partial charge in [-0.05, 0) is 37.6 Å². The van der Waals surface area contributed by atoms with E-state index in [2.05, 4.69) is 10.1 Å². The van der Waals surface area contributed by atoms with Crippen LogP contribution in [0.25, 0.3) is 0 Å². The minimum Gasteiger partial charge on any atom is -0.360 e. The molecule has 2 saturated heterocycles. The highest BCUT2D eigenvalue weighted by atomic mass is 32.1. The molecule has 8 heteroatoms. The molecule has 1 atom stereocenters. The Labute approximate surface area is 168 Å². The number of nitrogens with zero attached hydrogens (tertiary/aromatic N) is 4. The third-order valence-electron chi connectivity index (χ3n) is 5.52. The second-order valence-corrected chi connectivity index (χ2v) is 8.47. The van der Waals surface area contributed by atoms with Crippen molar-refractivity contribution in [3.63, 3.8) is 0 Å². The van der Waals surface area contributed by atoms with E-state index in [9.17, 15) is 9.59 Å². The van der Waals surface area contributed by atoms with Crippen molar-refractivity contribution in [2.45, 2.75) is 38.8 Å². The first-order valence-corrected chi connectivity index (χ1v) is 10.8. The Bertz CT molecular complexity index is 811.